The van der Waals surface area contributed by atoms with E-state index in [9.17, 15) is 0 Å². The molecule has 1 aliphatic rings. The van der Waals surface area contributed by atoms with Crippen molar-refractivity contribution in [2.24, 2.45) is 0 Å². The highest BCUT2D eigenvalue weighted by Gasteiger charge is 2.39. The van der Waals surface area contributed by atoms with Crippen molar-refractivity contribution < 1.29 is 0 Å². The highest BCUT2D eigenvalue weighted by Crippen LogP contribution is 2.51. The Morgan fingerprint density at radius 1 is 1.33 bits per heavy atom. The van der Waals surface area contributed by atoms with Crippen molar-refractivity contribution in [1.29, 1.82) is 0 Å². The van der Waals surface area contributed by atoms with Crippen LogP contribution < -0.4 is 5.32 Å². The van der Waals surface area contributed by atoms with Crippen molar-refractivity contribution in [3.63, 3.8) is 0 Å². The first-order valence-electron chi connectivity index (χ1n) is 6.89. The van der Waals surface area contributed by atoms with Gasteiger partial charge in [-0.05, 0) is 41.8 Å². The number of thiophene rings is 1. The summed E-state index contributed by atoms with van der Waals surface area (Å²) in [4.78, 5) is 1.58. The van der Waals surface area contributed by atoms with E-state index in [1.165, 1.54) is 22.9 Å². The maximum atomic E-state index is 3.71. The summed E-state index contributed by atoms with van der Waals surface area (Å²) in [5.74, 6) is 0. The minimum atomic E-state index is 0.306. The quantitative estimate of drug-likeness (QED) is 0.848. The Labute approximate surface area is 113 Å². The number of hydrogen-bond acceptors (Lipinski definition) is 2. The molecule has 1 aliphatic carbocycles. The van der Waals surface area contributed by atoms with Gasteiger partial charge in [-0.2, -0.15) is 0 Å². The summed E-state index contributed by atoms with van der Waals surface area (Å²) in [6, 6.07) is 9.42. The van der Waals surface area contributed by atoms with Crippen LogP contribution in [-0.4, -0.2) is 6.54 Å². The molecule has 1 heterocycles. The molecular formula is C16H21NS. The highest BCUT2D eigenvalue weighted by atomic mass is 32.1. The van der Waals surface area contributed by atoms with Crippen molar-refractivity contribution in [2.75, 3.05) is 6.54 Å². The van der Waals surface area contributed by atoms with Crippen molar-refractivity contribution >= 4 is 21.4 Å². The zero-order valence-corrected chi connectivity index (χ0v) is 12.2. The molecule has 96 valence electrons. The first kappa shape index (κ1) is 12.2. The Balaban J connectivity index is 2.11. The third-order valence-corrected chi connectivity index (χ3v) is 5.26. The fourth-order valence-corrected chi connectivity index (χ4v) is 4.66. The van der Waals surface area contributed by atoms with Crippen LogP contribution in [-0.2, 0) is 5.41 Å². The summed E-state index contributed by atoms with van der Waals surface area (Å²) in [7, 11) is 0. The summed E-state index contributed by atoms with van der Waals surface area (Å²) < 4.78 is 1.44. The molecule has 1 unspecified atom stereocenters. The smallest absolute Gasteiger partial charge is 0.0426 e. The van der Waals surface area contributed by atoms with E-state index in [1.807, 2.05) is 11.3 Å². The maximum absolute atomic E-state index is 3.71. The normalized spacial score (nSPS) is 21.4. The van der Waals surface area contributed by atoms with Crippen LogP contribution in [0.2, 0.25) is 0 Å². The first-order valence-corrected chi connectivity index (χ1v) is 7.70. The molecule has 0 bridgehead atoms. The molecule has 0 saturated carbocycles. The van der Waals surface area contributed by atoms with Crippen LogP contribution in [0.1, 0.15) is 50.1 Å². The van der Waals surface area contributed by atoms with Crippen LogP contribution in [0.5, 0.6) is 0 Å². The van der Waals surface area contributed by atoms with Gasteiger partial charge in [0.05, 0.1) is 0 Å². The topological polar surface area (TPSA) is 12.0 Å². The van der Waals surface area contributed by atoms with E-state index in [0.29, 0.717) is 11.5 Å². The van der Waals surface area contributed by atoms with E-state index >= 15 is 0 Å². The van der Waals surface area contributed by atoms with E-state index in [0.717, 1.165) is 6.54 Å². The van der Waals surface area contributed by atoms with Crippen LogP contribution in [0.4, 0.5) is 0 Å². The summed E-state index contributed by atoms with van der Waals surface area (Å²) in [5, 5.41) is 5.19. The van der Waals surface area contributed by atoms with Crippen LogP contribution in [0.25, 0.3) is 10.1 Å². The second-order valence-electron chi connectivity index (χ2n) is 5.93. The van der Waals surface area contributed by atoms with E-state index in [1.54, 1.807) is 10.4 Å². The Kier molecular flexibility index (Phi) is 2.95. The van der Waals surface area contributed by atoms with Crippen molar-refractivity contribution in [3.8, 4) is 0 Å². The minimum Gasteiger partial charge on any atom is -0.309 e. The molecule has 0 fully saturated rings. The molecule has 1 nitrogen and oxygen atoms in total. The van der Waals surface area contributed by atoms with Gasteiger partial charge in [0.1, 0.15) is 0 Å². The maximum Gasteiger partial charge on any atom is 0.0426 e. The molecule has 0 spiro atoms. The monoisotopic (exact) mass is 259 g/mol. The Bertz CT molecular complexity index is 567. The predicted octanol–water partition coefficient (Wildman–Crippen LogP) is 4.62. The Hall–Kier alpha value is -0.860. The van der Waals surface area contributed by atoms with Crippen LogP contribution in [0, 0.1) is 0 Å². The van der Waals surface area contributed by atoms with Gasteiger partial charge < -0.3 is 5.32 Å². The zero-order valence-electron chi connectivity index (χ0n) is 11.4. The third kappa shape index (κ3) is 1.79. The molecular weight excluding hydrogens is 238 g/mol. The fraction of sp³-hybridized carbons (Fsp3) is 0.500. The Morgan fingerprint density at radius 3 is 2.89 bits per heavy atom. The van der Waals surface area contributed by atoms with Gasteiger partial charge in [-0.25, -0.2) is 0 Å². The van der Waals surface area contributed by atoms with E-state index < -0.39 is 0 Å². The second kappa shape index (κ2) is 4.36. The molecule has 2 heteroatoms. The van der Waals surface area contributed by atoms with Gasteiger partial charge in [0, 0.05) is 15.6 Å². The number of rotatable bonds is 3. The molecule has 1 aromatic carbocycles. The molecule has 1 N–H and O–H groups in total. The number of hydrogen-bond donors (Lipinski definition) is 1. The predicted molar refractivity (Wildman–Crippen MR) is 80.5 cm³/mol. The van der Waals surface area contributed by atoms with Gasteiger partial charge >= 0.3 is 0 Å². The molecule has 0 amide bonds. The highest BCUT2D eigenvalue weighted by molar-refractivity contribution is 7.19. The van der Waals surface area contributed by atoms with Crippen molar-refractivity contribution in [2.45, 2.75) is 45.1 Å². The number of nitrogens with one attached hydrogen (secondary N) is 1. The fourth-order valence-electron chi connectivity index (χ4n) is 3.20. The lowest BCUT2D eigenvalue weighted by atomic mass is 9.85. The van der Waals surface area contributed by atoms with Gasteiger partial charge in [0.2, 0.25) is 0 Å². The SMILES string of the molecule is CCCNC1CC(C)(C)c2c1sc1ccccc21. The van der Waals surface area contributed by atoms with Gasteiger partial charge in [0.15, 0.2) is 0 Å². The molecule has 2 aromatic rings. The molecule has 0 radical (unpaired) electrons. The van der Waals surface area contributed by atoms with E-state index in [2.05, 4.69) is 50.4 Å². The third-order valence-electron chi connectivity index (χ3n) is 3.97. The molecule has 0 aliphatic heterocycles. The zero-order chi connectivity index (χ0) is 12.8. The lowest BCUT2D eigenvalue weighted by Crippen LogP contribution is -2.22. The van der Waals surface area contributed by atoms with E-state index in [-0.39, 0.29) is 0 Å². The molecule has 0 saturated heterocycles. The number of benzene rings is 1. The lowest BCUT2D eigenvalue weighted by molar-refractivity contribution is 0.430. The standard InChI is InChI=1S/C16H21NS/c1-4-9-17-12-10-16(2,3)14-11-7-5-6-8-13(11)18-15(12)14/h5-8,12,17H,4,9-10H2,1-3H3. The lowest BCUT2D eigenvalue weighted by Gasteiger charge is -2.20. The summed E-state index contributed by atoms with van der Waals surface area (Å²) in [6.45, 7) is 8.13. The van der Waals surface area contributed by atoms with Crippen LogP contribution in [0.15, 0.2) is 24.3 Å². The van der Waals surface area contributed by atoms with E-state index in [4.69, 9.17) is 0 Å². The Morgan fingerprint density at radius 2 is 2.11 bits per heavy atom. The average Bonchev–Trinajstić information content (AvgIpc) is 2.83. The molecule has 1 atom stereocenters. The van der Waals surface area contributed by atoms with Crippen molar-refractivity contribution in [1.82, 2.24) is 5.32 Å². The van der Waals surface area contributed by atoms with Crippen LogP contribution >= 0.6 is 11.3 Å². The summed E-state index contributed by atoms with van der Waals surface area (Å²) >= 11 is 1.98. The summed E-state index contributed by atoms with van der Waals surface area (Å²) in [5.41, 5.74) is 1.90. The van der Waals surface area contributed by atoms with Gasteiger partial charge in [-0.3, -0.25) is 0 Å². The molecule has 3 rings (SSSR count). The molecule has 1 aromatic heterocycles. The van der Waals surface area contributed by atoms with Gasteiger partial charge in [0.25, 0.3) is 0 Å². The minimum absolute atomic E-state index is 0.306. The van der Waals surface area contributed by atoms with Gasteiger partial charge in [-0.15, -0.1) is 11.3 Å². The largest absolute Gasteiger partial charge is 0.309 e. The molecule has 18 heavy (non-hydrogen) atoms. The van der Waals surface area contributed by atoms with Gasteiger partial charge in [-0.1, -0.05) is 39.0 Å². The average molecular weight is 259 g/mol. The number of fused-ring (bicyclic) bond motifs is 3. The van der Waals surface area contributed by atoms with Crippen LogP contribution in [0.3, 0.4) is 0 Å². The van der Waals surface area contributed by atoms with Crippen molar-refractivity contribution in [3.05, 3.63) is 34.7 Å². The summed E-state index contributed by atoms with van der Waals surface area (Å²) in [6.07, 6.45) is 2.44. The first-order chi connectivity index (χ1) is 8.63. The second-order valence-corrected chi connectivity index (χ2v) is 7.02.